The van der Waals surface area contributed by atoms with Crippen LogP contribution in [0.5, 0.6) is 0 Å². The summed E-state index contributed by atoms with van der Waals surface area (Å²) < 4.78 is 0. The number of rotatable bonds is 21. The van der Waals surface area contributed by atoms with Crippen molar-refractivity contribution in [1.29, 1.82) is 0 Å². The highest BCUT2D eigenvalue weighted by atomic mass is 33.1. The van der Waals surface area contributed by atoms with Gasteiger partial charge in [0.15, 0.2) is 0 Å². The number of hydrogen-bond acceptors (Lipinski definition) is 8. The summed E-state index contributed by atoms with van der Waals surface area (Å²) in [7, 11) is 3.19. The Kier molecular flexibility index (Phi) is 18.9. The first-order valence-electron chi connectivity index (χ1n) is 11.8. The summed E-state index contributed by atoms with van der Waals surface area (Å²) in [6.45, 7) is 4.54. The van der Waals surface area contributed by atoms with Crippen molar-refractivity contribution in [3.63, 3.8) is 0 Å². The predicted octanol–water partition coefficient (Wildman–Crippen LogP) is 1.82. The number of hydrogen-bond donors (Lipinski definition) is 6. The average molecular weight is 523 g/mol. The third kappa shape index (κ3) is 15.4. The molecular formula is C22H42N4O6S2. The van der Waals surface area contributed by atoms with Crippen LogP contribution in [0.3, 0.4) is 0 Å². The van der Waals surface area contributed by atoms with Gasteiger partial charge in [0.05, 0.1) is 0 Å². The zero-order chi connectivity index (χ0) is 25.9. The van der Waals surface area contributed by atoms with Gasteiger partial charge in [-0.05, 0) is 64.5 Å². The summed E-state index contributed by atoms with van der Waals surface area (Å²) in [6, 6.07) is -1.78. The topological polar surface area (TPSA) is 185 Å². The molecule has 0 aliphatic heterocycles. The Bertz CT molecular complexity index is 574. The summed E-state index contributed by atoms with van der Waals surface area (Å²) in [6.07, 6.45) is 4.68. The Labute approximate surface area is 210 Å². The van der Waals surface area contributed by atoms with Crippen LogP contribution in [-0.4, -0.2) is 70.6 Å². The van der Waals surface area contributed by atoms with Crippen LogP contribution in [0.2, 0.25) is 0 Å². The molecule has 0 radical (unpaired) electrons. The van der Waals surface area contributed by atoms with Crippen LogP contribution in [0.4, 0.5) is 0 Å². The average Bonchev–Trinajstić information content (AvgIpc) is 2.79. The summed E-state index contributed by atoms with van der Waals surface area (Å²) in [4.78, 5) is 47.2. The summed E-state index contributed by atoms with van der Waals surface area (Å²) in [5.74, 6) is -1.79. The number of carbonyl (C=O) groups excluding carboxylic acids is 2. The van der Waals surface area contributed by atoms with Crippen LogP contribution >= 0.6 is 21.6 Å². The highest BCUT2D eigenvalue weighted by molar-refractivity contribution is 8.76. The molecule has 0 saturated heterocycles. The molecule has 0 saturated carbocycles. The molecule has 12 heteroatoms. The number of aliphatic carboxylic acids is 2. The van der Waals surface area contributed by atoms with Crippen molar-refractivity contribution < 1.29 is 29.4 Å². The lowest BCUT2D eigenvalue weighted by Crippen LogP contribution is -2.43. The molecular weight excluding hydrogens is 480 g/mol. The number of amides is 2. The second-order valence-electron chi connectivity index (χ2n) is 8.39. The first-order valence-corrected chi connectivity index (χ1v) is 14.3. The lowest BCUT2D eigenvalue weighted by atomic mass is 10.1. The smallest absolute Gasteiger partial charge is 0.326 e. The lowest BCUT2D eigenvalue weighted by molar-refractivity contribution is -0.142. The third-order valence-electron chi connectivity index (χ3n) is 5.37. The highest BCUT2D eigenvalue weighted by Crippen LogP contribution is 2.26. The van der Waals surface area contributed by atoms with Gasteiger partial charge in [-0.25, -0.2) is 9.59 Å². The van der Waals surface area contributed by atoms with E-state index in [0.29, 0.717) is 63.1 Å². The van der Waals surface area contributed by atoms with E-state index < -0.39 is 24.0 Å². The molecule has 0 spiro atoms. The van der Waals surface area contributed by atoms with Gasteiger partial charge in [0.2, 0.25) is 11.8 Å². The highest BCUT2D eigenvalue weighted by Gasteiger charge is 2.23. The van der Waals surface area contributed by atoms with Crippen LogP contribution < -0.4 is 22.1 Å². The third-order valence-corrected chi connectivity index (χ3v) is 7.84. The molecule has 0 bridgehead atoms. The van der Waals surface area contributed by atoms with Gasteiger partial charge in [-0.15, -0.1) is 0 Å². The minimum absolute atomic E-state index is 0.268. The van der Waals surface area contributed by atoms with Gasteiger partial charge in [0.1, 0.15) is 12.1 Å². The van der Waals surface area contributed by atoms with E-state index in [4.69, 9.17) is 11.5 Å². The number of nitrogens with one attached hydrogen (secondary N) is 2. The van der Waals surface area contributed by atoms with Gasteiger partial charge in [-0.3, -0.25) is 9.59 Å². The van der Waals surface area contributed by atoms with E-state index in [9.17, 15) is 29.4 Å². The van der Waals surface area contributed by atoms with Crippen molar-refractivity contribution in [1.82, 2.24) is 10.6 Å². The Morgan fingerprint density at radius 3 is 1.32 bits per heavy atom. The molecule has 198 valence electrons. The number of carboxylic acid groups (broad SMARTS) is 2. The van der Waals surface area contributed by atoms with Gasteiger partial charge in [0.25, 0.3) is 0 Å². The predicted molar refractivity (Wildman–Crippen MR) is 137 cm³/mol. The molecule has 0 aromatic rings. The van der Waals surface area contributed by atoms with E-state index in [0.717, 1.165) is 12.8 Å². The Morgan fingerprint density at radius 1 is 0.676 bits per heavy atom. The first-order chi connectivity index (χ1) is 16.1. The zero-order valence-corrected chi connectivity index (χ0v) is 21.9. The van der Waals surface area contributed by atoms with Gasteiger partial charge < -0.3 is 32.3 Å². The van der Waals surface area contributed by atoms with Crippen LogP contribution in [0.15, 0.2) is 0 Å². The van der Waals surface area contributed by atoms with Gasteiger partial charge >= 0.3 is 11.9 Å². The maximum absolute atomic E-state index is 12.3. The molecule has 0 aliphatic rings. The zero-order valence-electron chi connectivity index (χ0n) is 20.3. The summed E-state index contributed by atoms with van der Waals surface area (Å²) >= 11 is 0. The molecule has 0 aliphatic carbocycles. The second kappa shape index (κ2) is 19.8. The van der Waals surface area contributed by atoms with Crippen molar-refractivity contribution in [3.05, 3.63) is 0 Å². The summed E-state index contributed by atoms with van der Waals surface area (Å²) in [5.41, 5.74) is 10.9. The first kappa shape index (κ1) is 32.5. The molecule has 0 heterocycles. The maximum Gasteiger partial charge on any atom is 0.326 e. The lowest BCUT2D eigenvalue weighted by Gasteiger charge is -2.18. The maximum atomic E-state index is 12.3. The normalized spacial score (nSPS) is 14.6. The van der Waals surface area contributed by atoms with Crippen molar-refractivity contribution >= 4 is 45.3 Å². The van der Waals surface area contributed by atoms with E-state index in [-0.39, 0.29) is 23.7 Å². The van der Waals surface area contributed by atoms with Crippen molar-refractivity contribution in [2.24, 2.45) is 23.3 Å². The molecule has 4 unspecified atom stereocenters. The molecule has 2 amide bonds. The molecule has 8 N–H and O–H groups in total. The number of unbranched alkanes of at least 4 members (excludes halogenated alkanes) is 2. The number of nitrogens with two attached hydrogens (primary N) is 2. The Balaban J connectivity index is 4.14. The standard InChI is InChI=1S/C22H42N4O6S2/c1-15(19(27)25-17(21(29)30)7-3-5-11-23)9-13-33-34-14-10-16(2)20(28)26-18(22(31)32)8-4-6-12-24/h15-18H,3-14,23-24H2,1-2H3,(H,25,27)(H,26,28)(H,29,30)(H,31,32). The van der Waals surface area contributed by atoms with Crippen LogP contribution in [0.25, 0.3) is 0 Å². The van der Waals surface area contributed by atoms with E-state index in [1.54, 1.807) is 35.4 Å². The number of carbonyl (C=O) groups is 4. The monoisotopic (exact) mass is 522 g/mol. The van der Waals surface area contributed by atoms with E-state index in [1.807, 2.05) is 0 Å². The Hall–Kier alpha value is -1.50. The van der Waals surface area contributed by atoms with Gasteiger partial charge in [-0.1, -0.05) is 35.4 Å². The van der Waals surface area contributed by atoms with Crippen molar-refractivity contribution in [3.8, 4) is 0 Å². The van der Waals surface area contributed by atoms with Gasteiger partial charge in [-0.2, -0.15) is 0 Å². The molecule has 34 heavy (non-hydrogen) atoms. The Morgan fingerprint density at radius 2 is 1.03 bits per heavy atom. The molecule has 0 aromatic carbocycles. The van der Waals surface area contributed by atoms with Crippen molar-refractivity contribution in [2.75, 3.05) is 24.6 Å². The van der Waals surface area contributed by atoms with Crippen LogP contribution in [-0.2, 0) is 19.2 Å². The fraction of sp³-hybridized carbons (Fsp3) is 0.818. The fourth-order valence-electron chi connectivity index (χ4n) is 2.96. The van der Waals surface area contributed by atoms with Crippen molar-refractivity contribution in [2.45, 2.75) is 77.3 Å². The molecule has 0 aromatic heterocycles. The quantitative estimate of drug-likeness (QED) is 0.0959. The largest absolute Gasteiger partial charge is 0.480 e. The minimum atomic E-state index is -1.04. The molecule has 10 nitrogen and oxygen atoms in total. The van der Waals surface area contributed by atoms with E-state index in [2.05, 4.69) is 10.6 Å². The minimum Gasteiger partial charge on any atom is -0.480 e. The van der Waals surface area contributed by atoms with Crippen LogP contribution in [0, 0.1) is 11.8 Å². The molecule has 4 atom stereocenters. The van der Waals surface area contributed by atoms with E-state index >= 15 is 0 Å². The van der Waals surface area contributed by atoms with E-state index in [1.165, 1.54) is 0 Å². The molecule has 0 rings (SSSR count). The number of carboxylic acids is 2. The SMILES string of the molecule is CC(CCSSCCC(C)C(=O)NC(CCCCN)C(=O)O)C(=O)NC(CCCCN)C(=O)O. The summed E-state index contributed by atoms with van der Waals surface area (Å²) in [5, 5.41) is 23.7. The van der Waals surface area contributed by atoms with Crippen LogP contribution in [0.1, 0.15) is 65.2 Å². The second-order valence-corrected chi connectivity index (χ2v) is 11.1. The van der Waals surface area contributed by atoms with Gasteiger partial charge in [0, 0.05) is 23.3 Å². The molecule has 0 fully saturated rings. The fourth-order valence-corrected chi connectivity index (χ4v) is 5.38.